The maximum atomic E-state index is 6.07. The summed E-state index contributed by atoms with van der Waals surface area (Å²) in [6, 6.07) is 0.475. The molecule has 1 saturated carbocycles. The fraction of sp³-hybridized carbons (Fsp3) is 1.00. The molecule has 0 radical (unpaired) electrons. The Balaban J connectivity index is 1.58. The first-order chi connectivity index (χ1) is 6.29. The van der Waals surface area contributed by atoms with Crippen molar-refractivity contribution in [2.45, 2.75) is 38.6 Å². The van der Waals surface area contributed by atoms with E-state index in [1.807, 2.05) is 0 Å². The monoisotopic (exact) mass is 182 g/mol. The lowest BCUT2D eigenvalue weighted by Gasteiger charge is -2.40. The predicted molar refractivity (Wildman–Crippen MR) is 55.5 cm³/mol. The molecule has 1 heterocycles. The van der Waals surface area contributed by atoms with Crippen LogP contribution >= 0.6 is 0 Å². The molecule has 1 aliphatic carbocycles. The van der Waals surface area contributed by atoms with Crippen molar-refractivity contribution in [2.75, 3.05) is 19.6 Å². The van der Waals surface area contributed by atoms with E-state index in [0.29, 0.717) is 6.04 Å². The van der Waals surface area contributed by atoms with Crippen LogP contribution in [0.15, 0.2) is 0 Å². The highest BCUT2D eigenvalue weighted by atomic mass is 15.2. The summed E-state index contributed by atoms with van der Waals surface area (Å²) in [5.74, 6) is 1.85. The van der Waals surface area contributed by atoms with Crippen molar-refractivity contribution in [1.29, 1.82) is 0 Å². The van der Waals surface area contributed by atoms with Gasteiger partial charge in [0.15, 0.2) is 0 Å². The molecule has 76 valence electrons. The summed E-state index contributed by atoms with van der Waals surface area (Å²) in [6.45, 7) is 6.06. The van der Waals surface area contributed by atoms with Gasteiger partial charge in [-0.05, 0) is 31.1 Å². The van der Waals surface area contributed by atoms with E-state index in [0.717, 1.165) is 18.4 Å². The van der Waals surface area contributed by atoms with Gasteiger partial charge in [-0.3, -0.25) is 0 Å². The van der Waals surface area contributed by atoms with Crippen molar-refractivity contribution in [1.82, 2.24) is 4.90 Å². The lowest BCUT2D eigenvalue weighted by molar-refractivity contribution is 0.0846. The van der Waals surface area contributed by atoms with E-state index in [-0.39, 0.29) is 0 Å². The van der Waals surface area contributed by atoms with Crippen LogP contribution in [-0.2, 0) is 0 Å². The molecule has 1 saturated heterocycles. The molecule has 2 heteroatoms. The number of hydrogen-bond acceptors (Lipinski definition) is 2. The van der Waals surface area contributed by atoms with Crippen LogP contribution in [0.4, 0.5) is 0 Å². The van der Waals surface area contributed by atoms with Crippen molar-refractivity contribution in [3.05, 3.63) is 0 Å². The molecule has 0 bridgehead atoms. The fourth-order valence-corrected chi connectivity index (χ4v) is 2.39. The third-order valence-corrected chi connectivity index (χ3v) is 3.43. The summed E-state index contributed by atoms with van der Waals surface area (Å²) < 4.78 is 0. The Morgan fingerprint density at radius 2 is 2.08 bits per heavy atom. The minimum atomic E-state index is 0.475. The Kier molecular flexibility index (Phi) is 2.89. The van der Waals surface area contributed by atoms with E-state index in [4.69, 9.17) is 5.73 Å². The van der Waals surface area contributed by atoms with Gasteiger partial charge in [-0.15, -0.1) is 0 Å². The minimum absolute atomic E-state index is 0.475. The van der Waals surface area contributed by atoms with Crippen LogP contribution < -0.4 is 5.73 Å². The number of likely N-dealkylation sites (tertiary alicyclic amines) is 1. The van der Waals surface area contributed by atoms with Crippen LogP contribution in [0.25, 0.3) is 0 Å². The van der Waals surface area contributed by atoms with Gasteiger partial charge in [0.05, 0.1) is 0 Å². The number of nitrogens with two attached hydrogens (primary N) is 1. The summed E-state index contributed by atoms with van der Waals surface area (Å²) in [5.41, 5.74) is 6.07. The molecule has 0 aromatic rings. The zero-order chi connectivity index (χ0) is 9.26. The molecular formula is C11H22N2. The quantitative estimate of drug-likeness (QED) is 0.697. The van der Waals surface area contributed by atoms with Crippen LogP contribution in [-0.4, -0.2) is 30.6 Å². The second-order valence-electron chi connectivity index (χ2n) is 4.87. The highest BCUT2D eigenvalue weighted by Crippen LogP contribution is 2.32. The van der Waals surface area contributed by atoms with Crippen LogP contribution in [0.3, 0.4) is 0 Å². The van der Waals surface area contributed by atoms with E-state index >= 15 is 0 Å². The van der Waals surface area contributed by atoms with Gasteiger partial charge in [0.2, 0.25) is 0 Å². The third kappa shape index (κ3) is 2.44. The first-order valence-corrected chi connectivity index (χ1v) is 5.77. The second-order valence-corrected chi connectivity index (χ2v) is 4.87. The summed E-state index contributed by atoms with van der Waals surface area (Å²) in [5, 5.41) is 0. The molecule has 0 spiro atoms. The molecule has 0 amide bonds. The molecule has 0 aromatic heterocycles. The molecule has 13 heavy (non-hydrogen) atoms. The second kappa shape index (κ2) is 3.97. The van der Waals surface area contributed by atoms with Crippen LogP contribution in [0.1, 0.15) is 32.6 Å². The van der Waals surface area contributed by atoms with Gasteiger partial charge < -0.3 is 10.6 Å². The van der Waals surface area contributed by atoms with Gasteiger partial charge >= 0.3 is 0 Å². The van der Waals surface area contributed by atoms with Crippen molar-refractivity contribution in [3.63, 3.8) is 0 Å². The molecular weight excluding hydrogens is 160 g/mol. The lowest BCUT2D eigenvalue weighted by Crippen LogP contribution is -2.51. The van der Waals surface area contributed by atoms with Crippen LogP contribution in [0.2, 0.25) is 0 Å². The maximum Gasteiger partial charge on any atom is 0.0196 e. The zero-order valence-corrected chi connectivity index (χ0v) is 8.71. The summed E-state index contributed by atoms with van der Waals surface area (Å²) in [7, 11) is 0. The van der Waals surface area contributed by atoms with E-state index in [2.05, 4.69) is 11.8 Å². The number of rotatable bonds is 5. The molecule has 2 fully saturated rings. The molecule has 0 aromatic carbocycles. The van der Waals surface area contributed by atoms with Gasteiger partial charge in [0.25, 0.3) is 0 Å². The van der Waals surface area contributed by atoms with Gasteiger partial charge in [-0.25, -0.2) is 0 Å². The highest BCUT2D eigenvalue weighted by molar-refractivity contribution is 4.89. The van der Waals surface area contributed by atoms with Gasteiger partial charge in [-0.1, -0.05) is 13.3 Å². The number of nitrogens with zero attached hydrogens (tertiary/aromatic N) is 1. The van der Waals surface area contributed by atoms with E-state index in [1.54, 1.807) is 0 Å². The largest absolute Gasteiger partial charge is 0.326 e. The zero-order valence-electron chi connectivity index (χ0n) is 8.71. The molecule has 1 unspecified atom stereocenters. The first kappa shape index (κ1) is 9.47. The number of hydrogen-bond donors (Lipinski definition) is 1. The van der Waals surface area contributed by atoms with Gasteiger partial charge in [0, 0.05) is 25.7 Å². The maximum absolute atomic E-state index is 6.07. The van der Waals surface area contributed by atoms with Crippen molar-refractivity contribution < 1.29 is 0 Å². The molecule has 2 N–H and O–H groups in total. The molecule has 1 aliphatic heterocycles. The molecule has 2 nitrogen and oxygen atoms in total. The van der Waals surface area contributed by atoms with E-state index in [1.165, 1.54) is 38.8 Å². The van der Waals surface area contributed by atoms with Gasteiger partial charge in [-0.2, -0.15) is 0 Å². The predicted octanol–water partition coefficient (Wildman–Crippen LogP) is 1.46. The Bertz CT molecular complexity index is 159. The normalized spacial score (nSPS) is 27.2. The molecule has 2 rings (SSSR count). The highest BCUT2D eigenvalue weighted by Gasteiger charge is 2.33. The summed E-state index contributed by atoms with van der Waals surface area (Å²) in [4.78, 5) is 2.53. The minimum Gasteiger partial charge on any atom is -0.326 e. The Hall–Kier alpha value is -0.0800. The Morgan fingerprint density at radius 1 is 1.38 bits per heavy atom. The van der Waals surface area contributed by atoms with Crippen molar-refractivity contribution >= 4 is 0 Å². The van der Waals surface area contributed by atoms with Crippen LogP contribution in [0.5, 0.6) is 0 Å². The van der Waals surface area contributed by atoms with E-state index in [9.17, 15) is 0 Å². The summed E-state index contributed by atoms with van der Waals surface area (Å²) >= 11 is 0. The lowest BCUT2D eigenvalue weighted by atomic mass is 9.94. The fourth-order valence-electron chi connectivity index (χ4n) is 2.39. The summed E-state index contributed by atoms with van der Waals surface area (Å²) in [6.07, 6.45) is 5.52. The smallest absolute Gasteiger partial charge is 0.0196 e. The van der Waals surface area contributed by atoms with E-state index < -0.39 is 0 Å². The molecule has 2 aliphatic rings. The Labute approximate surface area is 81.5 Å². The Morgan fingerprint density at radius 3 is 2.62 bits per heavy atom. The third-order valence-electron chi connectivity index (χ3n) is 3.43. The average molecular weight is 182 g/mol. The van der Waals surface area contributed by atoms with Crippen molar-refractivity contribution in [2.24, 2.45) is 17.6 Å². The first-order valence-electron chi connectivity index (χ1n) is 5.77. The van der Waals surface area contributed by atoms with Gasteiger partial charge in [0.1, 0.15) is 0 Å². The SMILES string of the molecule is CCCC1CN(CC(N)C2CC2)C1. The standard InChI is InChI=1S/C11H22N2/c1-2-3-9-6-13(7-9)8-11(12)10-4-5-10/h9-11H,2-8,12H2,1H3. The topological polar surface area (TPSA) is 29.3 Å². The average Bonchev–Trinajstić information content (AvgIpc) is 2.82. The van der Waals surface area contributed by atoms with Crippen molar-refractivity contribution in [3.8, 4) is 0 Å². The van der Waals surface area contributed by atoms with Crippen LogP contribution in [0, 0.1) is 11.8 Å². The molecule has 1 atom stereocenters.